The molecule has 1 amide bonds. The van der Waals surface area contributed by atoms with Gasteiger partial charge in [-0.2, -0.15) is 0 Å². The van der Waals surface area contributed by atoms with Crippen molar-refractivity contribution in [2.45, 2.75) is 26.8 Å². The van der Waals surface area contributed by atoms with E-state index in [0.717, 1.165) is 11.1 Å². The molecule has 1 atom stereocenters. The Hall–Kier alpha value is -0.930. The number of hydrogen-bond acceptors (Lipinski definition) is 2. The van der Waals surface area contributed by atoms with Crippen molar-refractivity contribution in [3.05, 3.63) is 34.3 Å². The third kappa shape index (κ3) is 2.90. The van der Waals surface area contributed by atoms with Gasteiger partial charge in [-0.25, -0.2) is 4.79 Å². The fraction of sp³-hybridized carbons (Fsp3) is 0.462. The average molecular weight is 290 g/mol. The van der Waals surface area contributed by atoms with Gasteiger partial charge in [-0.3, -0.25) is 0 Å². The van der Waals surface area contributed by atoms with E-state index >= 15 is 0 Å². The first kappa shape index (κ1) is 15.1. The minimum absolute atomic E-state index is 0. The van der Waals surface area contributed by atoms with E-state index in [9.17, 15) is 4.79 Å². The Morgan fingerprint density at radius 1 is 1.44 bits per heavy atom. The topological polar surface area (TPSA) is 38.3 Å². The molecule has 0 bridgehead atoms. The lowest BCUT2D eigenvalue weighted by Gasteiger charge is -2.39. The van der Waals surface area contributed by atoms with Crippen LogP contribution in [0.25, 0.3) is 0 Å². The number of carbonyl (C=O) groups is 1. The number of ether oxygens (including phenoxy) is 1. The van der Waals surface area contributed by atoms with Crippen LogP contribution in [0.3, 0.4) is 0 Å². The fourth-order valence-electron chi connectivity index (χ4n) is 2.15. The number of cyclic esters (lactones) is 1. The van der Waals surface area contributed by atoms with Gasteiger partial charge >= 0.3 is 6.09 Å². The Kier molecular flexibility index (Phi) is 4.51. The van der Waals surface area contributed by atoms with Crippen molar-refractivity contribution < 1.29 is 9.53 Å². The summed E-state index contributed by atoms with van der Waals surface area (Å²) in [7, 11) is 0. The normalized spacial score (nSPS) is 21.6. The largest absolute Gasteiger partial charge is 0.449 e. The highest BCUT2D eigenvalue weighted by molar-refractivity contribution is 6.30. The third-order valence-corrected chi connectivity index (χ3v) is 3.40. The number of benzene rings is 1. The highest BCUT2D eigenvalue weighted by atomic mass is 35.5. The standard InChI is InChI=1S/C13H16ClNO2.ClH/c1-8-6-9(14)4-5-10(8)11-13(2,3)7-17-12(16)15-11;/h4-6,11H,7H2,1-3H3,(H,15,16);1H/t11-;/m1./s1. The van der Waals surface area contributed by atoms with Gasteiger partial charge in [0.15, 0.2) is 0 Å². The summed E-state index contributed by atoms with van der Waals surface area (Å²) >= 11 is 5.94. The summed E-state index contributed by atoms with van der Waals surface area (Å²) in [4.78, 5) is 11.4. The number of amides is 1. The van der Waals surface area contributed by atoms with Crippen LogP contribution in [0.5, 0.6) is 0 Å². The maximum Gasteiger partial charge on any atom is 0.407 e. The molecule has 2 rings (SSSR count). The predicted octanol–water partition coefficient (Wildman–Crippen LogP) is 3.88. The number of aryl methyl sites for hydroxylation is 1. The smallest absolute Gasteiger partial charge is 0.407 e. The van der Waals surface area contributed by atoms with Crippen LogP contribution in [0.4, 0.5) is 4.79 Å². The van der Waals surface area contributed by atoms with Crippen LogP contribution >= 0.6 is 24.0 Å². The Labute approximate surface area is 118 Å². The van der Waals surface area contributed by atoms with E-state index in [0.29, 0.717) is 11.6 Å². The molecule has 1 aliphatic rings. The van der Waals surface area contributed by atoms with Crippen molar-refractivity contribution in [3.63, 3.8) is 0 Å². The van der Waals surface area contributed by atoms with Crippen LogP contribution < -0.4 is 5.32 Å². The molecule has 0 aromatic heterocycles. The van der Waals surface area contributed by atoms with Gasteiger partial charge in [0.25, 0.3) is 0 Å². The van der Waals surface area contributed by atoms with Crippen LogP contribution in [0.15, 0.2) is 18.2 Å². The molecule has 3 nitrogen and oxygen atoms in total. The van der Waals surface area contributed by atoms with E-state index in [1.807, 2.05) is 25.1 Å². The minimum Gasteiger partial charge on any atom is -0.449 e. The predicted molar refractivity (Wildman–Crippen MR) is 74.4 cm³/mol. The first-order valence-corrected chi connectivity index (χ1v) is 5.97. The molecule has 0 radical (unpaired) electrons. The van der Waals surface area contributed by atoms with Crippen LogP contribution in [-0.2, 0) is 4.74 Å². The van der Waals surface area contributed by atoms with Crippen molar-refractivity contribution in [3.8, 4) is 0 Å². The summed E-state index contributed by atoms with van der Waals surface area (Å²) in [6, 6.07) is 5.69. The SMILES string of the molecule is Cc1cc(Cl)ccc1[C@H]1NC(=O)OCC1(C)C.Cl. The summed E-state index contributed by atoms with van der Waals surface area (Å²) in [5.41, 5.74) is 2.04. The van der Waals surface area contributed by atoms with Gasteiger partial charge in [0, 0.05) is 10.4 Å². The lowest BCUT2D eigenvalue weighted by molar-refractivity contribution is 0.0386. The van der Waals surface area contributed by atoms with E-state index < -0.39 is 0 Å². The lowest BCUT2D eigenvalue weighted by atomic mass is 9.79. The second-order valence-electron chi connectivity index (χ2n) is 5.14. The van der Waals surface area contributed by atoms with Crippen molar-refractivity contribution in [2.75, 3.05) is 6.61 Å². The van der Waals surface area contributed by atoms with Gasteiger partial charge in [0.1, 0.15) is 6.61 Å². The summed E-state index contributed by atoms with van der Waals surface area (Å²) in [5.74, 6) is 0. The van der Waals surface area contributed by atoms with Crippen molar-refractivity contribution in [2.24, 2.45) is 5.41 Å². The molecule has 1 heterocycles. The first-order chi connectivity index (χ1) is 7.90. The monoisotopic (exact) mass is 289 g/mol. The summed E-state index contributed by atoms with van der Waals surface area (Å²) in [6.07, 6.45) is -0.358. The highest BCUT2D eigenvalue weighted by Crippen LogP contribution is 2.38. The molecule has 1 aliphatic heterocycles. The molecule has 5 heteroatoms. The highest BCUT2D eigenvalue weighted by Gasteiger charge is 2.38. The minimum atomic E-state index is -0.358. The maximum atomic E-state index is 11.4. The Morgan fingerprint density at radius 2 is 2.11 bits per heavy atom. The molecule has 1 fully saturated rings. The molecule has 1 aromatic carbocycles. The molecule has 100 valence electrons. The Morgan fingerprint density at radius 3 is 2.72 bits per heavy atom. The second-order valence-corrected chi connectivity index (χ2v) is 5.58. The molecular formula is C13H17Cl2NO2. The second kappa shape index (κ2) is 5.37. The van der Waals surface area contributed by atoms with Gasteiger partial charge in [-0.05, 0) is 30.2 Å². The zero-order valence-corrected chi connectivity index (χ0v) is 12.2. The van der Waals surface area contributed by atoms with Crippen molar-refractivity contribution in [1.82, 2.24) is 5.32 Å². The van der Waals surface area contributed by atoms with E-state index in [2.05, 4.69) is 19.2 Å². The Bertz CT molecular complexity index is 460. The van der Waals surface area contributed by atoms with Crippen molar-refractivity contribution in [1.29, 1.82) is 0 Å². The first-order valence-electron chi connectivity index (χ1n) is 5.59. The molecule has 1 saturated heterocycles. The third-order valence-electron chi connectivity index (χ3n) is 3.16. The molecular weight excluding hydrogens is 273 g/mol. The quantitative estimate of drug-likeness (QED) is 0.852. The van der Waals surface area contributed by atoms with Crippen molar-refractivity contribution >= 4 is 30.1 Å². The van der Waals surface area contributed by atoms with Gasteiger partial charge in [-0.1, -0.05) is 31.5 Å². The van der Waals surface area contributed by atoms with Gasteiger partial charge < -0.3 is 10.1 Å². The van der Waals surface area contributed by atoms with Crippen LogP contribution in [-0.4, -0.2) is 12.7 Å². The average Bonchev–Trinajstić information content (AvgIpc) is 2.23. The number of hydrogen-bond donors (Lipinski definition) is 1. The van der Waals surface area contributed by atoms with Crippen LogP contribution in [0.1, 0.15) is 31.0 Å². The molecule has 0 spiro atoms. The molecule has 1 N–H and O–H groups in total. The van der Waals surface area contributed by atoms with Crippen LogP contribution in [0.2, 0.25) is 5.02 Å². The summed E-state index contributed by atoms with van der Waals surface area (Å²) < 4.78 is 5.03. The fourth-order valence-corrected chi connectivity index (χ4v) is 2.38. The summed E-state index contributed by atoms with van der Waals surface area (Å²) in [5, 5.41) is 3.59. The van der Waals surface area contributed by atoms with Gasteiger partial charge in [0.2, 0.25) is 0 Å². The molecule has 0 saturated carbocycles. The number of halogens is 2. The lowest BCUT2D eigenvalue weighted by Crippen LogP contribution is -2.47. The Balaban J connectivity index is 0.00000162. The van der Waals surface area contributed by atoms with E-state index in [1.165, 1.54) is 0 Å². The number of alkyl carbamates (subject to hydrolysis) is 1. The number of nitrogens with one attached hydrogen (secondary N) is 1. The number of rotatable bonds is 1. The van der Waals surface area contributed by atoms with E-state index in [1.54, 1.807) is 0 Å². The molecule has 0 aliphatic carbocycles. The van der Waals surface area contributed by atoms with Gasteiger partial charge in [0.05, 0.1) is 6.04 Å². The number of carbonyl (C=O) groups excluding carboxylic acids is 1. The zero-order chi connectivity index (χ0) is 12.6. The maximum absolute atomic E-state index is 11.4. The zero-order valence-electron chi connectivity index (χ0n) is 10.6. The molecule has 18 heavy (non-hydrogen) atoms. The van der Waals surface area contributed by atoms with Gasteiger partial charge in [-0.15, -0.1) is 12.4 Å². The van der Waals surface area contributed by atoms with E-state index in [-0.39, 0.29) is 30.0 Å². The molecule has 0 unspecified atom stereocenters. The molecule has 1 aromatic rings. The van der Waals surface area contributed by atoms with E-state index in [4.69, 9.17) is 16.3 Å². The van der Waals surface area contributed by atoms with Crippen LogP contribution in [0, 0.1) is 12.3 Å². The summed E-state index contributed by atoms with van der Waals surface area (Å²) in [6.45, 7) is 6.57.